The quantitative estimate of drug-likeness (QED) is 0.450. The monoisotopic (exact) mass is 472 g/mol. The molecule has 0 bridgehead atoms. The molecular weight excluding hydrogens is 452 g/mol. The molecule has 0 aliphatic carbocycles. The van der Waals surface area contributed by atoms with Crippen LogP contribution in [0, 0.1) is 11.3 Å². The van der Waals surface area contributed by atoms with Crippen molar-refractivity contribution in [2.24, 2.45) is 0 Å². The number of aromatic nitrogens is 1. The highest BCUT2D eigenvalue weighted by Crippen LogP contribution is 2.27. The summed E-state index contributed by atoms with van der Waals surface area (Å²) in [5.41, 5.74) is 2.14. The fourth-order valence-electron chi connectivity index (χ4n) is 4.06. The highest BCUT2D eigenvalue weighted by Gasteiger charge is 2.31. The van der Waals surface area contributed by atoms with Crippen LogP contribution >= 0.6 is 0 Å². The van der Waals surface area contributed by atoms with Crippen molar-refractivity contribution in [3.05, 3.63) is 84.1 Å². The number of pyridine rings is 1. The zero-order valence-electron chi connectivity index (χ0n) is 18.1. The number of piperazine rings is 1. The van der Waals surface area contributed by atoms with E-state index in [1.54, 1.807) is 29.4 Å². The van der Waals surface area contributed by atoms with Crippen LogP contribution in [0.3, 0.4) is 0 Å². The lowest BCUT2D eigenvalue weighted by molar-refractivity contribution is 0.0700. The number of amides is 1. The summed E-state index contributed by atoms with van der Waals surface area (Å²) in [5.74, 6) is 0.389. The maximum Gasteiger partial charge on any atom is 0.254 e. The molecule has 3 heterocycles. The minimum Gasteiger partial charge on any atom is -0.463 e. The van der Waals surface area contributed by atoms with Gasteiger partial charge in [-0.2, -0.15) is 9.57 Å². The molecule has 1 aliphatic heterocycles. The van der Waals surface area contributed by atoms with Gasteiger partial charge in [-0.1, -0.05) is 18.2 Å². The van der Waals surface area contributed by atoms with Crippen LogP contribution in [-0.2, 0) is 10.0 Å². The number of furan rings is 1. The highest BCUT2D eigenvalue weighted by atomic mass is 32.2. The van der Waals surface area contributed by atoms with Crippen LogP contribution in [0.1, 0.15) is 15.9 Å². The Bertz CT molecular complexity index is 1500. The van der Waals surface area contributed by atoms with E-state index in [-0.39, 0.29) is 37.0 Å². The molecule has 0 N–H and O–H groups in total. The molecule has 34 heavy (non-hydrogen) atoms. The molecule has 5 rings (SSSR count). The molecule has 1 amide bonds. The number of fused-ring (bicyclic) bond motifs is 1. The van der Waals surface area contributed by atoms with E-state index >= 15 is 0 Å². The van der Waals surface area contributed by atoms with Crippen LogP contribution in [-0.4, -0.2) is 54.7 Å². The smallest absolute Gasteiger partial charge is 0.254 e. The molecule has 1 saturated heterocycles. The normalized spacial score (nSPS) is 14.7. The van der Waals surface area contributed by atoms with E-state index in [2.05, 4.69) is 4.98 Å². The zero-order valence-corrected chi connectivity index (χ0v) is 18.9. The number of carbonyl (C=O) groups is 1. The van der Waals surface area contributed by atoms with Crippen molar-refractivity contribution in [3.63, 3.8) is 0 Å². The molecule has 170 valence electrons. The van der Waals surface area contributed by atoms with Gasteiger partial charge in [0, 0.05) is 31.6 Å². The second kappa shape index (κ2) is 8.74. The van der Waals surface area contributed by atoms with Crippen molar-refractivity contribution in [3.8, 4) is 17.5 Å². The van der Waals surface area contributed by atoms with Gasteiger partial charge in [0.1, 0.15) is 5.69 Å². The summed E-state index contributed by atoms with van der Waals surface area (Å²) in [6, 6.07) is 20.5. The van der Waals surface area contributed by atoms with E-state index in [1.807, 2.05) is 30.3 Å². The van der Waals surface area contributed by atoms with Crippen LogP contribution in [0.5, 0.6) is 0 Å². The first-order valence-corrected chi connectivity index (χ1v) is 12.1. The van der Waals surface area contributed by atoms with E-state index in [0.717, 1.165) is 5.39 Å². The van der Waals surface area contributed by atoms with Crippen LogP contribution < -0.4 is 0 Å². The first-order valence-electron chi connectivity index (χ1n) is 10.7. The number of hydrogen-bond acceptors (Lipinski definition) is 6. The topological polar surface area (TPSA) is 108 Å². The molecule has 1 fully saturated rings. The predicted molar refractivity (Wildman–Crippen MR) is 125 cm³/mol. The Kier molecular flexibility index (Phi) is 5.61. The van der Waals surface area contributed by atoms with Crippen LogP contribution in [0.2, 0.25) is 0 Å². The van der Waals surface area contributed by atoms with E-state index < -0.39 is 10.0 Å². The molecule has 0 radical (unpaired) electrons. The summed E-state index contributed by atoms with van der Waals surface area (Å²) < 4.78 is 32.9. The Balaban J connectivity index is 1.38. The Hall–Kier alpha value is -4.00. The summed E-state index contributed by atoms with van der Waals surface area (Å²) in [6.07, 6.45) is 1.56. The Morgan fingerprint density at radius 3 is 2.38 bits per heavy atom. The van der Waals surface area contributed by atoms with Crippen LogP contribution in [0.15, 0.2) is 82.3 Å². The minimum absolute atomic E-state index is 0.134. The highest BCUT2D eigenvalue weighted by molar-refractivity contribution is 7.89. The van der Waals surface area contributed by atoms with Crippen molar-refractivity contribution in [2.75, 3.05) is 26.2 Å². The standard InChI is InChI=1S/C25H20N4O4S/c26-17-18-7-9-19(10-8-18)34(31,32)29-13-11-28(12-14-29)25(30)21-16-23(24-6-3-15-33-24)27-22-5-2-1-4-20(21)22/h1-10,15-16H,11-14H2. The Morgan fingerprint density at radius 2 is 1.71 bits per heavy atom. The third-order valence-corrected chi connectivity index (χ3v) is 7.78. The maximum atomic E-state index is 13.5. The van der Waals surface area contributed by atoms with Crippen molar-refractivity contribution in [1.29, 1.82) is 5.26 Å². The minimum atomic E-state index is -3.71. The molecule has 0 saturated carbocycles. The second-order valence-electron chi connectivity index (χ2n) is 7.88. The predicted octanol–water partition coefficient (Wildman–Crippen LogP) is 3.51. The summed E-state index contributed by atoms with van der Waals surface area (Å²) in [4.78, 5) is 19.9. The van der Waals surface area contributed by atoms with Crippen LogP contribution in [0.25, 0.3) is 22.4 Å². The van der Waals surface area contributed by atoms with E-state index in [1.165, 1.54) is 28.6 Å². The van der Waals surface area contributed by atoms with Gasteiger partial charge in [0.2, 0.25) is 10.0 Å². The fourth-order valence-corrected chi connectivity index (χ4v) is 5.48. The average molecular weight is 473 g/mol. The molecule has 0 atom stereocenters. The Labute approximate surface area is 196 Å². The Morgan fingerprint density at radius 1 is 0.971 bits per heavy atom. The van der Waals surface area contributed by atoms with Crippen molar-refractivity contribution in [1.82, 2.24) is 14.2 Å². The third-order valence-electron chi connectivity index (χ3n) is 5.87. The van der Waals surface area contributed by atoms with E-state index in [4.69, 9.17) is 9.68 Å². The number of para-hydroxylation sites is 1. The van der Waals surface area contributed by atoms with Gasteiger partial charge in [-0.05, 0) is 48.5 Å². The second-order valence-corrected chi connectivity index (χ2v) is 9.82. The molecule has 0 spiro atoms. The zero-order chi connectivity index (χ0) is 23.7. The van der Waals surface area contributed by atoms with Crippen molar-refractivity contribution in [2.45, 2.75) is 4.90 Å². The number of carbonyl (C=O) groups excluding carboxylic acids is 1. The molecule has 2 aromatic carbocycles. The number of benzene rings is 2. The molecule has 9 heteroatoms. The molecule has 8 nitrogen and oxygen atoms in total. The lowest BCUT2D eigenvalue weighted by Gasteiger charge is -2.34. The van der Waals surface area contributed by atoms with E-state index in [0.29, 0.717) is 28.1 Å². The van der Waals surface area contributed by atoms with Gasteiger partial charge in [-0.3, -0.25) is 4.79 Å². The molecule has 1 aliphatic rings. The number of nitriles is 1. The number of rotatable bonds is 4. The van der Waals surface area contributed by atoms with Gasteiger partial charge >= 0.3 is 0 Å². The van der Waals surface area contributed by atoms with Gasteiger partial charge < -0.3 is 9.32 Å². The molecular formula is C25H20N4O4S. The fraction of sp³-hybridized carbons (Fsp3) is 0.160. The summed E-state index contributed by atoms with van der Waals surface area (Å²) in [6.45, 7) is 0.895. The third kappa shape index (κ3) is 3.94. The molecule has 4 aromatic rings. The SMILES string of the molecule is N#Cc1ccc(S(=O)(=O)N2CCN(C(=O)c3cc(-c4ccco4)nc4ccccc34)CC2)cc1. The first kappa shape index (κ1) is 21.8. The summed E-state index contributed by atoms with van der Waals surface area (Å²) in [5, 5.41) is 9.67. The average Bonchev–Trinajstić information content (AvgIpc) is 3.43. The van der Waals surface area contributed by atoms with Gasteiger partial charge in [-0.15, -0.1) is 0 Å². The molecule has 2 aromatic heterocycles. The van der Waals surface area contributed by atoms with Crippen LogP contribution in [0.4, 0.5) is 0 Å². The summed E-state index contributed by atoms with van der Waals surface area (Å²) >= 11 is 0. The lowest BCUT2D eigenvalue weighted by atomic mass is 10.1. The number of sulfonamides is 1. The maximum absolute atomic E-state index is 13.5. The first-order chi connectivity index (χ1) is 16.5. The van der Waals surface area contributed by atoms with Crippen molar-refractivity contribution >= 4 is 26.8 Å². The number of nitrogens with zero attached hydrogens (tertiary/aromatic N) is 4. The van der Waals surface area contributed by atoms with Crippen molar-refractivity contribution < 1.29 is 17.6 Å². The molecule has 0 unspecified atom stereocenters. The van der Waals surface area contributed by atoms with Gasteiger partial charge in [0.05, 0.1) is 33.9 Å². The largest absolute Gasteiger partial charge is 0.463 e. The van der Waals surface area contributed by atoms with E-state index in [9.17, 15) is 13.2 Å². The van der Waals surface area contributed by atoms with Gasteiger partial charge in [0.25, 0.3) is 5.91 Å². The lowest BCUT2D eigenvalue weighted by Crippen LogP contribution is -2.50. The van der Waals surface area contributed by atoms with Gasteiger partial charge in [0.15, 0.2) is 5.76 Å². The van der Waals surface area contributed by atoms with Gasteiger partial charge in [-0.25, -0.2) is 13.4 Å². The summed E-state index contributed by atoms with van der Waals surface area (Å²) in [7, 11) is -3.71. The number of hydrogen-bond donors (Lipinski definition) is 0.